The van der Waals surface area contributed by atoms with Crippen molar-refractivity contribution in [3.8, 4) is 0 Å². The molecule has 0 aromatic heterocycles. The van der Waals surface area contributed by atoms with Crippen molar-refractivity contribution in [2.24, 2.45) is 11.8 Å². The Morgan fingerprint density at radius 2 is 1.73 bits per heavy atom. The van der Waals surface area contributed by atoms with Gasteiger partial charge in [-0.25, -0.2) is 0 Å². The van der Waals surface area contributed by atoms with Gasteiger partial charge in [0.1, 0.15) is 0 Å². The minimum absolute atomic E-state index is 0.835. The van der Waals surface area contributed by atoms with Gasteiger partial charge in [-0.1, -0.05) is 88.6 Å². The van der Waals surface area contributed by atoms with E-state index in [0.717, 1.165) is 31.5 Å². The average molecular weight is 303 g/mol. The SMILES string of the molecule is CCCCCCCC1CCCC1COCCc1ccccc1. The van der Waals surface area contributed by atoms with Gasteiger partial charge in [-0.05, 0) is 30.2 Å². The van der Waals surface area contributed by atoms with E-state index in [1.807, 2.05) is 0 Å². The number of hydrogen-bond acceptors (Lipinski definition) is 1. The Labute approximate surface area is 137 Å². The molecular formula is C21H34O. The molecule has 0 N–H and O–H groups in total. The lowest BCUT2D eigenvalue weighted by atomic mass is 9.91. The van der Waals surface area contributed by atoms with Gasteiger partial charge in [0, 0.05) is 6.61 Å². The first-order chi connectivity index (χ1) is 10.9. The predicted molar refractivity (Wildman–Crippen MR) is 95.2 cm³/mol. The van der Waals surface area contributed by atoms with Crippen molar-refractivity contribution in [3.05, 3.63) is 35.9 Å². The molecule has 1 aromatic carbocycles. The summed E-state index contributed by atoms with van der Waals surface area (Å²) < 4.78 is 6.00. The first-order valence-corrected chi connectivity index (χ1v) is 9.52. The Balaban J connectivity index is 1.56. The van der Waals surface area contributed by atoms with Crippen LogP contribution in [0.25, 0.3) is 0 Å². The lowest BCUT2D eigenvalue weighted by Crippen LogP contribution is -2.16. The number of rotatable bonds is 11. The van der Waals surface area contributed by atoms with Crippen LogP contribution in [-0.4, -0.2) is 13.2 Å². The van der Waals surface area contributed by atoms with Crippen molar-refractivity contribution in [1.29, 1.82) is 0 Å². The predicted octanol–water partition coefficient (Wildman–Crippen LogP) is 6.02. The van der Waals surface area contributed by atoms with Gasteiger partial charge in [0.25, 0.3) is 0 Å². The summed E-state index contributed by atoms with van der Waals surface area (Å²) in [6.45, 7) is 4.16. The summed E-state index contributed by atoms with van der Waals surface area (Å²) >= 11 is 0. The highest BCUT2D eigenvalue weighted by atomic mass is 16.5. The molecule has 2 rings (SSSR count). The van der Waals surface area contributed by atoms with E-state index in [4.69, 9.17) is 4.74 Å². The van der Waals surface area contributed by atoms with Gasteiger partial charge >= 0.3 is 0 Å². The van der Waals surface area contributed by atoms with Gasteiger partial charge in [-0.2, -0.15) is 0 Å². The van der Waals surface area contributed by atoms with E-state index < -0.39 is 0 Å². The smallest absolute Gasteiger partial charge is 0.0506 e. The minimum Gasteiger partial charge on any atom is -0.381 e. The van der Waals surface area contributed by atoms with Crippen LogP contribution in [0.3, 0.4) is 0 Å². The number of hydrogen-bond donors (Lipinski definition) is 0. The summed E-state index contributed by atoms with van der Waals surface area (Å²) in [6.07, 6.45) is 13.8. The van der Waals surface area contributed by atoms with Crippen LogP contribution in [0.15, 0.2) is 30.3 Å². The fourth-order valence-electron chi connectivity index (χ4n) is 3.79. The van der Waals surface area contributed by atoms with Gasteiger partial charge in [0.15, 0.2) is 0 Å². The van der Waals surface area contributed by atoms with E-state index in [-0.39, 0.29) is 0 Å². The third kappa shape index (κ3) is 6.52. The molecule has 2 unspecified atom stereocenters. The molecule has 0 spiro atoms. The van der Waals surface area contributed by atoms with Crippen molar-refractivity contribution in [3.63, 3.8) is 0 Å². The normalized spacial score (nSPS) is 21.3. The van der Waals surface area contributed by atoms with Gasteiger partial charge in [-0.15, -0.1) is 0 Å². The summed E-state index contributed by atoms with van der Waals surface area (Å²) in [6, 6.07) is 10.7. The lowest BCUT2D eigenvalue weighted by molar-refractivity contribution is 0.0857. The van der Waals surface area contributed by atoms with Crippen molar-refractivity contribution in [1.82, 2.24) is 0 Å². The maximum Gasteiger partial charge on any atom is 0.0506 e. The standard InChI is InChI=1S/C21H34O/c1-2-3-4-5-9-13-20-14-10-15-21(20)18-22-17-16-19-11-7-6-8-12-19/h6-8,11-12,20-21H,2-5,9-10,13-18H2,1H3. The zero-order valence-corrected chi connectivity index (χ0v) is 14.4. The average Bonchev–Trinajstić information content (AvgIpc) is 3.00. The van der Waals surface area contributed by atoms with Gasteiger partial charge < -0.3 is 4.74 Å². The molecule has 0 aliphatic heterocycles. The molecular weight excluding hydrogens is 268 g/mol. The molecule has 1 aliphatic rings. The van der Waals surface area contributed by atoms with E-state index >= 15 is 0 Å². The highest BCUT2D eigenvalue weighted by Gasteiger charge is 2.26. The molecule has 1 aliphatic carbocycles. The Bertz CT molecular complexity index is 373. The summed E-state index contributed by atoms with van der Waals surface area (Å²) in [5, 5.41) is 0. The summed E-state index contributed by atoms with van der Waals surface area (Å²) in [7, 11) is 0. The third-order valence-electron chi connectivity index (χ3n) is 5.20. The van der Waals surface area contributed by atoms with Gasteiger partial charge in [0.2, 0.25) is 0 Å². The molecule has 1 aromatic rings. The molecule has 0 radical (unpaired) electrons. The topological polar surface area (TPSA) is 9.23 Å². The zero-order chi connectivity index (χ0) is 15.5. The lowest BCUT2D eigenvalue weighted by Gasteiger charge is -2.19. The molecule has 22 heavy (non-hydrogen) atoms. The van der Waals surface area contributed by atoms with Crippen LogP contribution in [0.1, 0.15) is 70.3 Å². The zero-order valence-electron chi connectivity index (χ0n) is 14.4. The number of ether oxygens (including phenoxy) is 1. The van der Waals surface area contributed by atoms with Crippen molar-refractivity contribution >= 4 is 0 Å². The van der Waals surface area contributed by atoms with Gasteiger partial charge in [-0.3, -0.25) is 0 Å². The van der Waals surface area contributed by atoms with E-state index in [9.17, 15) is 0 Å². The van der Waals surface area contributed by atoms with E-state index in [1.165, 1.54) is 63.4 Å². The van der Waals surface area contributed by atoms with Crippen LogP contribution in [0.4, 0.5) is 0 Å². The van der Waals surface area contributed by atoms with Crippen molar-refractivity contribution in [2.75, 3.05) is 13.2 Å². The fourth-order valence-corrected chi connectivity index (χ4v) is 3.79. The number of benzene rings is 1. The highest BCUT2D eigenvalue weighted by molar-refractivity contribution is 5.14. The molecule has 2 atom stereocenters. The second-order valence-electron chi connectivity index (χ2n) is 6.96. The molecule has 0 saturated heterocycles. The van der Waals surface area contributed by atoms with Crippen LogP contribution < -0.4 is 0 Å². The van der Waals surface area contributed by atoms with Crippen molar-refractivity contribution < 1.29 is 4.74 Å². The Morgan fingerprint density at radius 1 is 0.955 bits per heavy atom. The molecule has 0 amide bonds. The van der Waals surface area contributed by atoms with Crippen molar-refractivity contribution in [2.45, 2.75) is 71.1 Å². The molecule has 0 bridgehead atoms. The van der Waals surface area contributed by atoms with Crippen LogP contribution in [-0.2, 0) is 11.2 Å². The highest BCUT2D eigenvalue weighted by Crippen LogP contribution is 2.35. The molecule has 1 heteroatoms. The van der Waals surface area contributed by atoms with Crippen LogP contribution >= 0.6 is 0 Å². The third-order valence-corrected chi connectivity index (χ3v) is 5.20. The summed E-state index contributed by atoms with van der Waals surface area (Å²) in [5.74, 6) is 1.78. The minimum atomic E-state index is 0.835. The molecule has 1 saturated carbocycles. The number of unbranched alkanes of at least 4 members (excludes halogenated alkanes) is 4. The fraction of sp³-hybridized carbons (Fsp3) is 0.714. The second-order valence-corrected chi connectivity index (χ2v) is 6.96. The first kappa shape index (κ1) is 17.5. The van der Waals surface area contributed by atoms with Crippen LogP contribution in [0, 0.1) is 11.8 Å². The van der Waals surface area contributed by atoms with Crippen LogP contribution in [0.2, 0.25) is 0 Å². The second kappa shape index (κ2) is 10.8. The van der Waals surface area contributed by atoms with E-state index in [0.29, 0.717) is 0 Å². The first-order valence-electron chi connectivity index (χ1n) is 9.52. The van der Waals surface area contributed by atoms with E-state index in [1.54, 1.807) is 0 Å². The van der Waals surface area contributed by atoms with Crippen LogP contribution in [0.5, 0.6) is 0 Å². The molecule has 1 fully saturated rings. The Hall–Kier alpha value is -0.820. The largest absolute Gasteiger partial charge is 0.381 e. The summed E-state index contributed by atoms with van der Waals surface area (Å²) in [5.41, 5.74) is 1.39. The Morgan fingerprint density at radius 3 is 2.55 bits per heavy atom. The summed E-state index contributed by atoms with van der Waals surface area (Å²) in [4.78, 5) is 0. The molecule has 0 heterocycles. The maximum absolute atomic E-state index is 6.00. The maximum atomic E-state index is 6.00. The van der Waals surface area contributed by atoms with E-state index in [2.05, 4.69) is 37.3 Å². The van der Waals surface area contributed by atoms with Gasteiger partial charge in [0.05, 0.1) is 6.61 Å². The molecule has 124 valence electrons. The Kier molecular flexibility index (Phi) is 8.63. The monoisotopic (exact) mass is 302 g/mol. The quantitative estimate of drug-likeness (QED) is 0.454. The molecule has 1 nitrogen and oxygen atoms in total.